The Balaban J connectivity index is 1.83. The highest BCUT2D eigenvalue weighted by atomic mass is 32.2. The van der Waals surface area contributed by atoms with Gasteiger partial charge in [0.1, 0.15) is 11.9 Å². The monoisotopic (exact) mass is 497 g/mol. The molecule has 0 saturated heterocycles. The van der Waals surface area contributed by atoms with Crippen LogP contribution in [0.15, 0.2) is 34.3 Å². The quantitative estimate of drug-likeness (QED) is 0.370. The number of rotatable bonds is 10. The predicted molar refractivity (Wildman–Crippen MR) is 123 cm³/mol. The zero-order chi connectivity index (χ0) is 24.0. The summed E-state index contributed by atoms with van der Waals surface area (Å²) < 4.78 is 35.6. The van der Waals surface area contributed by atoms with Gasteiger partial charge in [0.05, 0.1) is 17.6 Å². The van der Waals surface area contributed by atoms with Gasteiger partial charge in [0, 0.05) is 44.2 Å². The average molecular weight is 498 g/mol. The van der Waals surface area contributed by atoms with Crippen LogP contribution in [-0.2, 0) is 24.4 Å². The van der Waals surface area contributed by atoms with Crippen molar-refractivity contribution in [3.63, 3.8) is 0 Å². The molecule has 1 saturated carbocycles. The summed E-state index contributed by atoms with van der Waals surface area (Å²) in [6, 6.07) is 5.80. The molecule has 0 aliphatic heterocycles. The first-order valence-corrected chi connectivity index (χ1v) is 12.5. The third-order valence-corrected chi connectivity index (χ3v) is 7.65. The second-order valence-electron chi connectivity index (χ2n) is 7.58. The third-order valence-electron chi connectivity index (χ3n) is 5.06. The smallest absolute Gasteiger partial charge is 0.280 e. The fourth-order valence-electron chi connectivity index (χ4n) is 3.17. The molecule has 0 radical (unpaired) electrons. The van der Waals surface area contributed by atoms with E-state index in [9.17, 15) is 18.3 Å². The Morgan fingerprint density at radius 2 is 2.06 bits per heavy atom. The van der Waals surface area contributed by atoms with Crippen LogP contribution in [0.4, 0.5) is 5.13 Å². The summed E-state index contributed by atoms with van der Waals surface area (Å²) in [5.74, 6) is -0.0466. The van der Waals surface area contributed by atoms with E-state index in [4.69, 9.17) is 9.57 Å². The maximum atomic E-state index is 12.9. The number of methoxy groups -OCH3 is 1. The minimum absolute atomic E-state index is 0.0408. The molecular formula is C20H27N5O6S2. The Morgan fingerprint density at radius 3 is 2.64 bits per heavy atom. The van der Waals surface area contributed by atoms with Crippen molar-refractivity contribution in [1.82, 2.24) is 13.7 Å². The first kappa shape index (κ1) is 25.2. The molecule has 1 aromatic heterocycles. The number of aromatic nitrogens is 2. The Labute approximate surface area is 196 Å². The predicted octanol–water partition coefficient (Wildman–Crippen LogP) is 1.39. The normalized spacial score (nSPS) is 19.1. The van der Waals surface area contributed by atoms with E-state index in [-0.39, 0.29) is 29.9 Å². The van der Waals surface area contributed by atoms with Crippen molar-refractivity contribution < 1.29 is 27.9 Å². The number of carbonyl (C=O) groups excluding carboxylic acids is 1. The number of sulfonamides is 1. The summed E-state index contributed by atoms with van der Waals surface area (Å²) in [5, 5.41) is 16.7. The molecule has 2 atom stereocenters. The van der Waals surface area contributed by atoms with Crippen molar-refractivity contribution in [3.05, 3.63) is 35.7 Å². The molecule has 1 aromatic carbocycles. The summed E-state index contributed by atoms with van der Waals surface area (Å²) in [7, 11) is -0.747. The van der Waals surface area contributed by atoms with Gasteiger partial charge >= 0.3 is 0 Å². The zero-order valence-electron chi connectivity index (χ0n) is 18.6. The summed E-state index contributed by atoms with van der Waals surface area (Å²) >= 11 is 1.03. The number of carbonyl (C=O) groups is 1. The van der Waals surface area contributed by atoms with E-state index in [1.807, 2.05) is 0 Å². The van der Waals surface area contributed by atoms with Crippen LogP contribution in [0.5, 0.6) is 0 Å². The standard InChI is InChI=1S/C20H27N5O6S2/c1-13-21-20(32-24-13)22-19(27)18(23-31-16-7-6-15(26)12-16)14-4-8-17(9-5-14)33(28,29)25(2)10-11-30-3/h4-5,8-9,15-16,26H,6-7,10-12H2,1-3H3,(H,21,22,24,27)/b23-18+/t15-,16-/m1/s1. The van der Waals surface area contributed by atoms with Crippen molar-refractivity contribution in [2.75, 3.05) is 32.6 Å². The number of nitrogens with zero attached hydrogens (tertiary/aromatic N) is 4. The number of ether oxygens (including phenoxy) is 1. The highest BCUT2D eigenvalue weighted by molar-refractivity contribution is 7.89. The lowest BCUT2D eigenvalue weighted by molar-refractivity contribution is -0.110. The average Bonchev–Trinajstić information content (AvgIpc) is 3.39. The molecule has 2 N–H and O–H groups in total. The van der Waals surface area contributed by atoms with Gasteiger partial charge in [0.15, 0.2) is 5.71 Å². The second kappa shape index (κ2) is 11.1. The minimum atomic E-state index is -3.71. The Kier molecular flexibility index (Phi) is 8.48. The number of hydrogen-bond donors (Lipinski definition) is 2. The number of benzene rings is 1. The molecule has 0 bridgehead atoms. The Hall–Kier alpha value is -2.45. The lowest BCUT2D eigenvalue weighted by atomic mass is 10.1. The summed E-state index contributed by atoms with van der Waals surface area (Å²) in [6.45, 7) is 2.18. The van der Waals surface area contributed by atoms with Crippen molar-refractivity contribution in [2.24, 2.45) is 5.16 Å². The van der Waals surface area contributed by atoms with Crippen LogP contribution < -0.4 is 5.32 Å². The molecule has 1 amide bonds. The molecule has 180 valence electrons. The maximum absolute atomic E-state index is 12.9. The van der Waals surface area contributed by atoms with E-state index in [2.05, 4.69) is 19.8 Å². The van der Waals surface area contributed by atoms with Gasteiger partial charge in [-0.15, -0.1) is 0 Å². The van der Waals surface area contributed by atoms with Crippen molar-refractivity contribution in [1.29, 1.82) is 0 Å². The molecule has 1 heterocycles. The number of amides is 1. The van der Waals surface area contributed by atoms with E-state index in [0.717, 1.165) is 11.5 Å². The fraction of sp³-hybridized carbons (Fsp3) is 0.500. The van der Waals surface area contributed by atoms with Crippen LogP contribution in [0.25, 0.3) is 0 Å². The molecular weight excluding hydrogens is 470 g/mol. The molecule has 33 heavy (non-hydrogen) atoms. The van der Waals surface area contributed by atoms with Crippen LogP contribution in [0.3, 0.4) is 0 Å². The van der Waals surface area contributed by atoms with Crippen molar-refractivity contribution in [2.45, 2.75) is 43.3 Å². The number of hydrogen-bond acceptors (Lipinski definition) is 10. The number of aliphatic hydroxyl groups is 1. The SMILES string of the molecule is COCCN(C)S(=O)(=O)c1ccc(/C(=N\O[C@@H]2CC[C@@H](O)C2)C(=O)Nc2nc(C)ns2)cc1. The number of nitrogens with one attached hydrogen (secondary N) is 1. The number of anilines is 1. The van der Waals surface area contributed by atoms with Gasteiger partial charge in [0.25, 0.3) is 5.91 Å². The first-order chi connectivity index (χ1) is 15.7. The fourth-order valence-corrected chi connectivity index (χ4v) is 4.90. The van der Waals surface area contributed by atoms with Crippen LogP contribution >= 0.6 is 11.5 Å². The molecule has 2 aromatic rings. The van der Waals surface area contributed by atoms with E-state index >= 15 is 0 Å². The van der Waals surface area contributed by atoms with E-state index in [1.165, 1.54) is 42.7 Å². The topological polar surface area (TPSA) is 143 Å². The first-order valence-electron chi connectivity index (χ1n) is 10.3. The van der Waals surface area contributed by atoms with Crippen molar-refractivity contribution in [3.8, 4) is 0 Å². The van der Waals surface area contributed by atoms with Gasteiger partial charge in [-0.2, -0.15) is 8.68 Å². The third kappa shape index (κ3) is 6.54. The molecule has 11 nitrogen and oxygen atoms in total. The molecule has 1 fully saturated rings. The lowest BCUT2D eigenvalue weighted by Gasteiger charge is -2.17. The van der Waals surface area contributed by atoms with Crippen LogP contribution in [0, 0.1) is 6.92 Å². The van der Waals surface area contributed by atoms with Gasteiger partial charge in [-0.25, -0.2) is 13.4 Å². The number of aliphatic hydroxyl groups excluding tert-OH is 1. The Morgan fingerprint density at radius 1 is 1.33 bits per heavy atom. The number of oxime groups is 1. The van der Waals surface area contributed by atoms with E-state index < -0.39 is 22.0 Å². The molecule has 0 unspecified atom stereocenters. The minimum Gasteiger partial charge on any atom is -0.393 e. The largest absolute Gasteiger partial charge is 0.393 e. The van der Waals surface area contributed by atoms with Crippen molar-refractivity contribution >= 4 is 38.3 Å². The van der Waals surface area contributed by atoms with Crippen LogP contribution in [-0.4, -0.2) is 78.3 Å². The highest BCUT2D eigenvalue weighted by Gasteiger charge is 2.26. The van der Waals surface area contributed by atoms with Crippen LogP contribution in [0.2, 0.25) is 0 Å². The van der Waals surface area contributed by atoms with Gasteiger partial charge < -0.3 is 14.7 Å². The summed E-state index contributed by atoms with van der Waals surface area (Å²) in [4.78, 5) is 22.6. The zero-order valence-corrected chi connectivity index (χ0v) is 20.2. The summed E-state index contributed by atoms with van der Waals surface area (Å²) in [6.07, 6.45) is 0.903. The Bertz CT molecular complexity index is 1090. The summed E-state index contributed by atoms with van der Waals surface area (Å²) in [5.41, 5.74) is 0.326. The molecule has 1 aliphatic rings. The molecule has 13 heteroatoms. The van der Waals surface area contributed by atoms with E-state index in [1.54, 1.807) is 6.92 Å². The number of likely N-dealkylation sites (N-methyl/N-ethyl adjacent to an activating group) is 1. The molecule has 3 rings (SSSR count). The number of aryl methyl sites for hydroxylation is 1. The van der Waals surface area contributed by atoms with Gasteiger partial charge in [-0.3, -0.25) is 10.1 Å². The van der Waals surface area contributed by atoms with Gasteiger partial charge in [0.2, 0.25) is 15.2 Å². The van der Waals surface area contributed by atoms with Crippen LogP contribution in [0.1, 0.15) is 30.7 Å². The molecule has 0 spiro atoms. The second-order valence-corrected chi connectivity index (χ2v) is 10.4. The maximum Gasteiger partial charge on any atom is 0.280 e. The molecule has 1 aliphatic carbocycles. The van der Waals surface area contributed by atoms with Gasteiger partial charge in [-0.1, -0.05) is 17.3 Å². The van der Waals surface area contributed by atoms with Gasteiger partial charge in [-0.05, 0) is 31.9 Å². The van der Waals surface area contributed by atoms with E-state index in [0.29, 0.717) is 35.8 Å². The highest BCUT2D eigenvalue weighted by Crippen LogP contribution is 2.23. The lowest BCUT2D eigenvalue weighted by Crippen LogP contribution is -2.30.